The highest BCUT2D eigenvalue weighted by atomic mass is 16.5. The maximum Gasteiger partial charge on any atom is 0.257 e. The molecule has 2 rings (SSSR count). The SMILES string of the molecule is CCc1ccc(OCC(=O)NCCCN(C)c2ccccc2)cc1. The predicted molar refractivity (Wildman–Crippen MR) is 98.7 cm³/mol. The van der Waals surface area contributed by atoms with Crippen LogP contribution in [0.4, 0.5) is 5.69 Å². The van der Waals surface area contributed by atoms with Crippen LogP contribution in [0.5, 0.6) is 5.75 Å². The molecule has 0 atom stereocenters. The minimum atomic E-state index is -0.0862. The molecule has 0 spiro atoms. The van der Waals surface area contributed by atoms with Gasteiger partial charge in [0, 0.05) is 25.8 Å². The molecule has 0 saturated heterocycles. The van der Waals surface area contributed by atoms with E-state index in [4.69, 9.17) is 4.74 Å². The van der Waals surface area contributed by atoms with Crippen LogP contribution in [0.1, 0.15) is 18.9 Å². The van der Waals surface area contributed by atoms with Crippen molar-refractivity contribution in [2.24, 2.45) is 0 Å². The summed E-state index contributed by atoms with van der Waals surface area (Å²) in [5.41, 5.74) is 2.44. The van der Waals surface area contributed by atoms with Crippen LogP contribution in [-0.2, 0) is 11.2 Å². The molecule has 0 heterocycles. The van der Waals surface area contributed by atoms with Crippen LogP contribution in [0.3, 0.4) is 0 Å². The zero-order valence-electron chi connectivity index (χ0n) is 14.5. The lowest BCUT2D eigenvalue weighted by Crippen LogP contribution is -2.31. The third-order valence-electron chi connectivity index (χ3n) is 3.89. The second-order valence-electron chi connectivity index (χ2n) is 5.75. The molecule has 1 N–H and O–H groups in total. The van der Waals surface area contributed by atoms with Crippen molar-refractivity contribution in [2.45, 2.75) is 19.8 Å². The zero-order valence-corrected chi connectivity index (χ0v) is 14.5. The number of carbonyl (C=O) groups excluding carboxylic acids is 1. The van der Waals surface area contributed by atoms with Crippen LogP contribution in [0.15, 0.2) is 54.6 Å². The van der Waals surface area contributed by atoms with Crippen LogP contribution in [0.2, 0.25) is 0 Å². The van der Waals surface area contributed by atoms with E-state index >= 15 is 0 Å². The summed E-state index contributed by atoms with van der Waals surface area (Å²) in [7, 11) is 2.06. The molecule has 4 heteroatoms. The largest absolute Gasteiger partial charge is 0.484 e. The lowest BCUT2D eigenvalue weighted by Gasteiger charge is -2.19. The average Bonchev–Trinajstić information content (AvgIpc) is 2.64. The average molecular weight is 326 g/mol. The van der Waals surface area contributed by atoms with Gasteiger partial charge in [-0.1, -0.05) is 37.3 Å². The maximum absolute atomic E-state index is 11.8. The Kier molecular flexibility index (Phi) is 7.15. The van der Waals surface area contributed by atoms with E-state index in [1.165, 1.54) is 11.3 Å². The van der Waals surface area contributed by atoms with Crippen molar-refractivity contribution in [3.8, 4) is 5.75 Å². The van der Waals surface area contributed by atoms with Gasteiger partial charge in [0.15, 0.2) is 6.61 Å². The summed E-state index contributed by atoms with van der Waals surface area (Å²) < 4.78 is 5.49. The fourth-order valence-corrected chi connectivity index (χ4v) is 2.38. The molecular formula is C20H26N2O2. The number of nitrogens with zero attached hydrogens (tertiary/aromatic N) is 1. The highest BCUT2D eigenvalue weighted by Crippen LogP contribution is 2.12. The minimum absolute atomic E-state index is 0.0556. The first-order valence-corrected chi connectivity index (χ1v) is 8.43. The molecule has 0 fully saturated rings. The van der Waals surface area contributed by atoms with Crippen LogP contribution in [0, 0.1) is 0 Å². The molecule has 0 bridgehead atoms. The summed E-state index contributed by atoms with van der Waals surface area (Å²) >= 11 is 0. The maximum atomic E-state index is 11.8. The molecule has 0 unspecified atom stereocenters. The van der Waals surface area contributed by atoms with Crippen molar-refractivity contribution in [3.05, 3.63) is 60.2 Å². The molecule has 24 heavy (non-hydrogen) atoms. The van der Waals surface area contributed by atoms with Gasteiger partial charge in [-0.05, 0) is 42.7 Å². The van der Waals surface area contributed by atoms with Crippen molar-refractivity contribution in [1.29, 1.82) is 0 Å². The third kappa shape index (κ3) is 5.95. The highest BCUT2D eigenvalue weighted by molar-refractivity contribution is 5.77. The molecule has 4 nitrogen and oxygen atoms in total. The number of anilines is 1. The van der Waals surface area contributed by atoms with Crippen molar-refractivity contribution in [2.75, 3.05) is 31.6 Å². The van der Waals surface area contributed by atoms with Crippen molar-refractivity contribution in [1.82, 2.24) is 5.32 Å². The predicted octanol–water partition coefficient (Wildman–Crippen LogP) is 3.27. The topological polar surface area (TPSA) is 41.6 Å². The normalized spacial score (nSPS) is 10.2. The Balaban J connectivity index is 1.61. The summed E-state index contributed by atoms with van der Waals surface area (Å²) in [5, 5.41) is 2.89. The number of nitrogens with one attached hydrogen (secondary N) is 1. The fraction of sp³-hybridized carbons (Fsp3) is 0.350. The first kappa shape index (κ1) is 17.9. The Morgan fingerprint density at radius 3 is 2.46 bits per heavy atom. The van der Waals surface area contributed by atoms with Gasteiger partial charge in [-0.25, -0.2) is 0 Å². The van der Waals surface area contributed by atoms with E-state index < -0.39 is 0 Å². The van der Waals surface area contributed by atoms with Gasteiger partial charge in [0.25, 0.3) is 5.91 Å². The molecule has 2 aromatic carbocycles. The molecule has 0 aromatic heterocycles. The fourth-order valence-electron chi connectivity index (χ4n) is 2.38. The number of aryl methyl sites for hydroxylation is 1. The molecule has 0 aliphatic rings. The van der Waals surface area contributed by atoms with Crippen LogP contribution >= 0.6 is 0 Å². The molecular weight excluding hydrogens is 300 g/mol. The number of benzene rings is 2. The minimum Gasteiger partial charge on any atom is -0.484 e. The van der Waals surface area contributed by atoms with Crippen molar-refractivity contribution < 1.29 is 9.53 Å². The Morgan fingerprint density at radius 2 is 1.79 bits per heavy atom. The Labute approximate surface area is 144 Å². The Morgan fingerprint density at radius 1 is 1.08 bits per heavy atom. The molecule has 0 saturated carbocycles. The van der Waals surface area contributed by atoms with Crippen LogP contribution < -0.4 is 15.0 Å². The van der Waals surface area contributed by atoms with Gasteiger partial charge in [-0.3, -0.25) is 4.79 Å². The Bertz CT molecular complexity index is 611. The van der Waals surface area contributed by atoms with E-state index in [1.807, 2.05) is 42.5 Å². The van der Waals surface area contributed by atoms with Gasteiger partial charge in [0.05, 0.1) is 0 Å². The van der Waals surface area contributed by atoms with Crippen LogP contribution in [-0.4, -0.2) is 32.7 Å². The summed E-state index contributed by atoms with van der Waals surface area (Å²) in [6.07, 6.45) is 1.89. The van der Waals surface area contributed by atoms with E-state index in [0.717, 1.165) is 25.1 Å². The first-order valence-electron chi connectivity index (χ1n) is 8.43. The van der Waals surface area contributed by atoms with Gasteiger partial charge < -0.3 is 15.0 Å². The monoisotopic (exact) mass is 326 g/mol. The van der Waals surface area contributed by atoms with E-state index in [9.17, 15) is 4.79 Å². The van der Waals surface area contributed by atoms with E-state index in [0.29, 0.717) is 6.54 Å². The van der Waals surface area contributed by atoms with E-state index in [-0.39, 0.29) is 12.5 Å². The smallest absolute Gasteiger partial charge is 0.257 e. The molecule has 0 aliphatic heterocycles. The van der Waals surface area contributed by atoms with E-state index in [2.05, 4.69) is 36.3 Å². The molecule has 2 aromatic rings. The number of ether oxygens (including phenoxy) is 1. The lowest BCUT2D eigenvalue weighted by molar-refractivity contribution is -0.123. The molecule has 128 valence electrons. The lowest BCUT2D eigenvalue weighted by atomic mass is 10.2. The second kappa shape index (κ2) is 9.60. The standard InChI is InChI=1S/C20H26N2O2/c1-3-17-10-12-19(13-11-17)24-16-20(23)21-14-7-15-22(2)18-8-5-4-6-9-18/h4-6,8-13H,3,7,14-16H2,1-2H3,(H,21,23). The first-order chi connectivity index (χ1) is 11.7. The second-order valence-corrected chi connectivity index (χ2v) is 5.75. The quantitative estimate of drug-likeness (QED) is 0.719. The summed E-state index contributed by atoms with van der Waals surface area (Å²) in [6.45, 7) is 3.70. The number of rotatable bonds is 9. The van der Waals surface area contributed by atoms with E-state index in [1.54, 1.807) is 0 Å². The number of hydrogen-bond donors (Lipinski definition) is 1. The number of carbonyl (C=O) groups is 1. The van der Waals surface area contributed by atoms with Gasteiger partial charge in [-0.2, -0.15) is 0 Å². The van der Waals surface area contributed by atoms with Gasteiger partial charge in [-0.15, -0.1) is 0 Å². The summed E-state index contributed by atoms with van der Waals surface area (Å²) in [4.78, 5) is 14.0. The van der Waals surface area contributed by atoms with Crippen molar-refractivity contribution >= 4 is 11.6 Å². The van der Waals surface area contributed by atoms with Crippen molar-refractivity contribution in [3.63, 3.8) is 0 Å². The zero-order chi connectivity index (χ0) is 17.2. The van der Waals surface area contributed by atoms with Gasteiger partial charge in [0.2, 0.25) is 0 Å². The Hall–Kier alpha value is -2.49. The summed E-state index contributed by atoms with van der Waals surface area (Å²) in [6, 6.07) is 18.1. The number of para-hydroxylation sites is 1. The van der Waals surface area contributed by atoms with Gasteiger partial charge in [0.1, 0.15) is 5.75 Å². The highest BCUT2D eigenvalue weighted by Gasteiger charge is 2.04. The molecule has 0 aliphatic carbocycles. The molecule has 0 radical (unpaired) electrons. The van der Waals surface area contributed by atoms with Gasteiger partial charge >= 0.3 is 0 Å². The molecule has 1 amide bonds. The van der Waals surface area contributed by atoms with Crippen LogP contribution in [0.25, 0.3) is 0 Å². The summed E-state index contributed by atoms with van der Waals surface area (Å²) in [5.74, 6) is 0.642. The number of amides is 1. The number of hydrogen-bond acceptors (Lipinski definition) is 3. The third-order valence-corrected chi connectivity index (χ3v) is 3.89.